The number of carbonyl (C=O) groups is 2. The topological polar surface area (TPSA) is 90.0 Å². The van der Waals surface area contributed by atoms with E-state index in [1.54, 1.807) is 43.3 Å². The Labute approximate surface area is 187 Å². The maximum Gasteiger partial charge on any atom is 0.343 e. The summed E-state index contributed by atoms with van der Waals surface area (Å²) < 4.78 is 37.7. The van der Waals surface area contributed by atoms with E-state index in [1.165, 1.54) is 50.6 Å². The second kappa shape index (κ2) is 9.65. The SMILES string of the molecule is CCC(=O)c1ccc(OC(=O)c2cccc(S(=O)(=O)N(C)c3ccc(OC)cc3)c2)cc1. The summed E-state index contributed by atoms with van der Waals surface area (Å²) in [6.07, 6.45) is 0.380. The third-order valence-corrected chi connectivity index (χ3v) is 6.65. The molecule has 0 radical (unpaired) electrons. The summed E-state index contributed by atoms with van der Waals surface area (Å²) in [5.74, 6) is 0.146. The van der Waals surface area contributed by atoms with Crippen molar-refractivity contribution in [1.29, 1.82) is 0 Å². The number of hydrogen-bond acceptors (Lipinski definition) is 6. The summed E-state index contributed by atoms with van der Waals surface area (Å²) in [7, 11) is -0.953. The van der Waals surface area contributed by atoms with Crippen molar-refractivity contribution in [2.24, 2.45) is 0 Å². The summed E-state index contributed by atoms with van der Waals surface area (Å²) in [6, 6.07) is 18.4. The number of benzene rings is 3. The molecule has 0 atom stereocenters. The minimum atomic E-state index is -3.91. The van der Waals surface area contributed by atoms with Gasteiger partial charge in [0, 0.05) is 19.0 Å². The van der Waals surface area contributed by atoms with E-state index in [2.05, 4.69) is 0 Å². The fourth-order valence-electron chi connectivity index (χ4n) is 2.95. The van der Waals surface area contributed by atoms with E-state index in [0.29, 0.717) is 23.4 Å². The molecular formula is C24H23NO6S. The zero-order chi connectivity index (χ0) is 23.3. The predicted octanol–water partition coefficient (Wildman–Crippen LogP) is 4.33. The molecule has 0 spiro atoms. The lowest BCUT2D eigenvalue weighted by Crippen LogP contribution is -2.26. The molecule has 0 unspecified atom stereocenters. The van der Waals surface area contributed by atoms with Gasteiger partial charge in [-0.1, -0.05) is 13.0 Å². The van der Waals surface area contributed by atoms with E-state index in [-0.39, 0.29) is 22.0 Å². The molecule has 8 heteroatoms. The van der Waals surface area contributed by atoms with Crippen LogP contribution in [0.2, 0.25) is 0 Å². The van der Waals surface area contributed by atoms with Gasteiger partial charge in [0.1, 0.15) is 11.5 Å². The smallest absolute Gasteiger partial charge is 0.343 e. The lowest BCUT2D eigenvalue weighted by atomic mass is 10.1. The van der Waals surface area contributed by atoms with Crippen LogP contribution in [0.5, 0.6) is 11.5 Å². The number of methoxy groups -OCH3 is 1. The van der Waals surface area contributed by atoms with E-state index >= 15 is 0 Å². The maximum atomic E-state index is 13.1. The van der Waals surface area contributed by atoms with Crippen molar-refractivity contribution in [2.45, 2.75) is 18.2 Å². The Hall–Kier alpha value is -3.65. The molecule has 0 saturated carbocycles. The number of carbonyl (C=O) groups excluding carboxylic acids is 2. The van der Waals surface area contributed by atoms with Gasteiger partial charge in [-0.15, -0.1) is 0 Å². The largest absolute Gasteiger partial charge is 0.497 e. The van der Waals surface area contributed by atoms with Crippen molar-refractivity contribution in [3.63, 3.8) is 0 Å². The minimum absolute atomic E-state index is 0.0123. The van der Waals surface area contributed by atoms with Crippen molar-refractivity contribution in [3.05, 3.63) is 83.9 Å². The van der Waals surface area contributed by atoms with Gasteiger partial charge in [-0.05, 0) is 66.7 Å². The molecule has 3 rings (SSSR count). The Balaban J connectivity index is 1.80. The predicted molar refractivity (Wildman–Crippen MR) is 121 cm³/mol. The van der Waals surface area contributed by atoms with Crippen LogP contribution >= 0.6 is 0 Å². The Morgan fingerprint density at radius 3 is 2.09 bits per heavy atom. The highest BCUT2D eigenvalue weighted by molar-refractivity contribution is 7.92. The van der Waals surface area contributed by atoms with Gasteiger partial charge in [-0.25, -0.2) is 13.2 Å². The Morgan fingerprint density at radius 2 is 1.50 bits per heavy atom. The molecule has 32 heavy (non-hydrogen) atoms. The van der Waals surface area contributed by atoms with Crippen molar-refractivity contribution >= 4 is 27.5 Å². The molecule has 0 heterocycles. The highest BCUT2D eigenvalue weighted by atomic mass is 32.2. The quantitative estimate of drug-likeness (QED) is 0.286. The van der Waals surface area contributed by atoms with Gasteiger partial charge in [-0.3, -0.25) is 9.10 Å². The lowest BCUT2D eigenvalue weighted by molar-refractivity contribution is 0.0734. The van der Waals surface area contributed by atoms with Crippen LogP contribution in [0.3, 0.4) is 0 Å². The van der Waals surface area contributed by atoms with Crippen LogP contribution in [-0.2, 0) is 10.0 Å². The van der Waals surface area contributed by atoms with Crippen LogP contribution in [0.25, 0.3) is 0 Å². The second-order valence-corrected chi connectivity index (χ2v) is 8.86. The van der Waals surface area contributed by atoms with Crippen molar-refractivity contribution in [3.8, 4) is 11.5 Å². The number of esters is 1. The summed E-state index contributed by atoms with van der Waals surface area (Å²) in [5, 5.41) is 0. The molecular weight excluding hydrogens is 430 g/mol. The number of hydrogen-bond donors (Lipinski definition) is 0. The van der Waals surface area contributed by atoms with E-state index in [9.17, 15) is 18.0 Å². The van der Waals surface area contributed by atoms with E-state index in [0.717, 1.165) is 4.31 Å². The fraction of sp³-hybridized carbons (Fsp3) is 0.167. The molecule has 0 N–H and O–H groups in total. The van der Waals surface area contributed by atoms with Gasteiger partial charge < -0.3 is 9.47 Å². The molecule has 0 saturated heterocycles. The third-order valence-electron chi connectivity index (χ3n) is 4.87. The van der Waals surface area contributed by atoms with E-state index in [4.69, 9.17) is 9.47 Å². The molecule has 0 fully saturated rings. The maximum absolute atomic E-state index is 13.1. The fourth-order valence-corrected chi connectivity index (χ4v) is 4.19. The van der Waals surface area contributed by atoms with Gasteiger partial charge >= 0.3 is 5.97 Å². The van der Waals surface area contributed by atoms with E-state index < -0.39 is 16.0 Å². The Morgan fingerprint density at radius 1 is 0.875 bits per heavy atom. The zero-order valence-corrected chi connectivity index (χ0v) is 18.8. The van der Waals surface area contributed by atoms with Crippen molar-refractivity contribution < 1.29 is 27.5 Å². The molecule has 3 aromatic carbocycles. The molecule has 0 bridgehead atoms. The molecule has 7 nitrogen and oxygen atoms in total. The van der Waals surface area contributed by atoms with Crippen LogP contribution in [0, 0.1) is 0 Å². The average Bonchev–Trinajstić information content (AvgIpc) is 2.83. The number of rotatable bonds is 8. The van der Waals surface area contributed by atoms with Gasteiger partial charge in [0.05, 0.1) is 23.3 Å². The first kappa shape index (κ1) is 23.0. The highest BCUT2D eigenvalue weighted by Crippen LogP contribution is 2.25. The van der Waals surface area contributed by atoms with Gasteiger partial charge in [0.2, 0.25) is 0 Å². The molecule has 0 aliphatic rings. The molecule has 3 aromatic rings. The zero-order valence-electron chi connectivity index (χ0n) is 17.9. The number of anilines is 1. The van der Waals surface area contributed by atoms with E-state index in [1.807, 2.05) is 0 Å². The summed E-state index contributed by atoms with van der Waals surface area (Å²) in [5.41, 5.74) is 1.06. The van der Waals surface area contributed by atoms with Crippen LogP contribution < -0.4 is 13.8 Å². The van der Waals surface area contributed by atoms with Crippen molar-refractivity contribution in [2.75, 3.05) is 18.5 Å². The van der Waals surface area contributed by atoms with Gasteiger partial charge in [0.25, 0.3) is 10.0 Å². The average molecular weight is 454 g/mol. The molecule has 0 aliphatic heterocycles. The van der Waals surface area contributed by atoms with Gasteiger partial charge in [0.15, 0.2) is 5.78 Å². The second-order valence-electron chi connectivity index (χ2n) is 6.89. The van der Waals surface area contributed by atoms with Crippen LogP contribution in [0.1, 0.15) is 34.1 Å². The molecule has 0 amide bonds. The minimum Gasteiger partial charge on any atom is -0.497 e. The number of ketones is 1. The van der Waals surface area contributed by atoms with Gasteiger partial charge in [-0.2, -0.15) is 0 Å². The van der Waals surface area contributed by atoms with Crippen LogP contribution in [0.4, 0.5) is 5.69 Å². The number of nitrogens with zero attached hydrogens (tertiary/aromatic N) is 1. The highest BCUT2D eigenvalue weighted by Gasteiger charge is 2.23. The molecule has 0 aliphatic carbocycles. The first-order chi connectivity index (χ1) is 15.3. The summed E-state index contributed by atoms with van der Waals surface area (Å²) in [6.45, 7) is 1.77. The third kappa shape index (κ3) is 4.97. The van der Waals surface area contributed by atoms with Crippen LogP contribution in [0.15, 0.2) is 77.7 Å². The first-order valence-electron chi connectivity index (χ1n) is 9.84. The Bertz CT molecular complexity index is 1220. The summed E-state index contributed by atoms with van der Waals surface area (Å²) >= 11 is 0. The monoisotopic (exact) mass is 453 g/mol. The van der Waals surface area contributed by atoms with Crippen molar-refractivity contribution in [1.82, 2.24) is 0 Å². The molecule has 166 valence electrons. The first-order valence-corrected chi connectivity index (χ1v) is 11.3. The number of ether oxygens (including phenoxy) is 2. The number of sulfonamides is 1. The normalized spacial score (nSPS) is 11.0. The molecule has 0 aromatic heterocycles. The number of Topliss-reactive ketones (excluding diaryl/α,β-unsaturated/α-hetero) is 1. The standard InChI is InChI=1S/C24H23NO6S/c1-4-23(26)17-8-12-21(13-9-17)31-24(27)18-6-5-7-22(16-18)32(28,29)25(2)19-10-14-20(30-3)15-11-19/h5-16H,4H2,1-3H3. The summed E-state index contributed by atoms with van der Waals surface area (Å²) in [4.78, 5) is 24.2. The Kier molecular flexibility index (Phi) is 6.95. The van der Waals surface area contributed by atoms with Crippen LogP contribution in [-0.4, -0.2) is 34.3 Å². The lowest BCUT2D eigenvalue weighted by Gasteiger charge is -2.20.